The molecular formula is C20H24N4O5. The number of ether oxygens (including phenoxy) is 2. The van der Waals surface area contributed by atoms with E-state index in [2.05, 4.69) is 10.4 Å². The minimum Gasteiger partial charge on any atom is -0.492 e. The van der Waals surface area contributed by atoms with E-state index in [1.807, 2.05) is 23.9 Å². The van der Waals surface area contributed by atoms with Crippen LogP contribution in [0, 0.1) is 6.92 Å². The number of hydrogen-bond acceptors (Lipinski definition) is 7. The third kappa shape index (κ3) is 4.94. The summed E-state index contributed by atoms with van der Waals surface area (Å²) in [5.74, 6) is -0.245. The number of β-amino-alcohol motifs (C(OH)–C–C–N with tert-alkyl or cyclic N) is 1. The molecule has 0 unspecified atom stereocenters. The van der Waals surface area contributed by atoms with Gasteiger partial charge in [0.15, 0.2) is 0 Å². The van der Waals surface area contributed by atoms with Gasteiger partial charge in [-0.2, -0.15) is 5.10 Å². The predicted octanol–water partition coefficient (Wildman–Crippen LogP) is 0.944. The van der Waals surface area contributed by atoms with Gasteiger partial charge < -0.3 is 24.8 Å². The van der Waals surface area contributed by atoms with Crippen LogP contribution in [-0.4, -0.2) is 65.1 Å². The standard InChI is InChI=1S/C20H24N4O5/c1-14-7-8-24(22-14)10-12-29-16-5-3-15(4-6-16)21-18-17(20(27)28-2)13-23(9-11-25)19(18)26/h3-8,21,25H,9-13H2,1-2H3. The Balaban J connectivity index is 1.62. The normalized spacial score (nSPS) is 13.8. The van der Waals surface area contributed by atoms with E-state index in [-0.39, 0.29) is 36.9 Å². The summed E-state index contributed by atoms with van der Waals surface area (Å²) >= 11 is 0. The number of rotatable bonds is 9. The summed E-state index contributed by atoms with van der Waals surface area (Å²) in [6.45, 7) is 3.11. The number of anilines is 1. The molecule has 0 fully saturated rings. The molecule has 2 heterocycles. The van der Waals surface area contributed by atoms with Crippen LogP contribution < -0.4 is 10.1 Å². The zero-order valence-electron chi connectivity index (χ0n) is 16.4. The van der Waals surface area contributed by atoms with Crippen LogP contribution in [0.15, 0.2) is 47.8 Å². The fraction of sp³-hybridized carbons (Fsp3) is 0.350. The summed E-state index contributed by atoms with van der Waals surface area (Å²) in [6, 6.07) is 9.01. The van der Waals surface area contributed by atoms with E-state index < -0.39 is 5.97 Å². The molecule has 29 heavy (non-hydrogen) atoms. The molecular weight excluding hydrogens is 376 g/mol. The Morgan fingerprint density at radius 3 is 2.62 bits per heavy atom. The average molecular weight is 400 g/mol. The van der Waals surface area contributed by atoms with E-state index in [0.29, 0.717) is 24.6 Å². The van der Waals surface area contributed by atoms with Crippen molar-refractivity contribution in [1.29, 1.82) is 0 Å². The highest BCUT2D eigenvalue weighted by Gasteiger charge is 2.34. The smallest absolute Gasteiger partial charge is 0.337 e. The molecule has 1 aliphatic rings. The molecule has 2 aromatic rings. The number of hydrogen-bond donors (Lipinski definition) is 2. The molecule has 2 N–H and O–H groups in total. The first-order valence-electron chi connectivity index (χ1n) is 9.23. The molecule has 0 aliphatic carbocycles. The Hall–Kier alpha value is -3.33. The maximum Gasteiger partial charge on any atom is 0.337 e. The molecule has 1 amide bonds. The molecule has 9 nitrogen and oxygen atoms in total. The fourth-order valence-corrected chi connectivity index (χ4v) is 2.97. The second-order valence-corrected chi connectivity index (χ2v) is 6.51. The lowest BCUT2D eigenvalue weighted by atomic mass is 10.2. The van der Waals surface area contributed by atoms with Crippen LogP contribution in [0.4, 0.5) is 5.69 Å². The van der Waals surface area contributed by atoms with Gasteiger partial charge >= 0.3 is 5.97 Å². The summed E-state index contributed by atoms with van der Waals surface area (Å²) in [4.78, 5) is 25.9. The minimum atomic E-state index is -0.574. The number of benzene rings is 1. The first-order valence-corrected chi connectivity index (χ1v) is 9.23. The number of esters is 1. The van der Waals surface area contributed by atoms with E-state index >= 15 is 0 Å². The number of carbonyl (C=O) groups excluding carboxylic acids is 2. The quantitative estimate of drug-likeness (QED) is 0.604. The van der Waals surface area contributed by atoms with Gasteiger partial charge in [0, 0.05) is 18.4 Å². The van der Waals surface area contributed by atoms with Gasteiger partial charge in [-0.3, -0.25) is 9.48 Å². The number of amides is 1. The van der Waals surface area contributed by atoms with Crippen molar-refractivity contribution in [2.45, 2.75) is 13.5 Å². The van der Waals surface area contributed by atoms with Crippen molar-refractivity contribution in [2.24, 2.45) is 0 Å². The minimum absolute atomic E-state index is 0.0997. The van der Waals surface area contributed by atoms with Crippen LogP contribution >= 0.6 is 0 Å². The molecule has 0 radical (unpaired) electrons. The second-order valence-electron chi connectivity index (χ2n) is 6.51. The predicted molar refractivity (Wildman–Crippen MR) is 105 cm³/mol. The van der Waals surface area contributed by atoms with Crippen LogP contribution in [0.3, 0.4) is 0 Å². The highest BCUT2D eigenvalue weighted by Crippen LogP contribution is 2.24. The van der Waals surface area contributed by atoms with Crippen molar-refractivity contribution < 1.29 is 24.2 Å². The molecule has 1 aromatic heterocycles. The number of methoxy groups -OCH3 is 1. The first kappa shape index (κ1) is 20.4. The number of carbonyl (C=O) groups is 2. The first-order chi connectivity index (χ1) is 14.0. The number of aromatic nitrogens is 2. The molecule has 9 heteroatoms. The van der Waals surface area contributed by atoms with E-state index in [0.717, 1.165) is 5.69 Å². The summed E-state index contributed by atoms with van der Waals surface area (Å²) in [7, 11) is 1.27. The molecule has 0 saturated heterocycles. The van der Waals surface area contributed by atoms with Crippen molar-refractivity contribution in [1.82, 2.24) is 14.7 Å². The molecule has 0 saturated carbocycles. The van der Waals surface area contributed by atoms with Gasteiger partial charge in [-0.05, 0) is 37.3 Å². The van der Waals surface area contributed by atoms with E-state index in [1.54, 1.807) is 24.3 Å². The van der Waals surface area contributed by atoms with Gasteiger partial charge in [-0.25, -0.2) is 4.79 Å². The molecule has 0 atom stereocenters. The number of aryl methyl sites for hydroxylation is 1. The lowest BCUT2D eigenvalue weighted by Crippen LogP contribution is -2.31. The van der Waals surface area contributed by atoms with Gasteiger partial charge in [0.25, 0.3) is 5.91 Å². The number of nitrogens with zero attached hydrogens (tertiary/aromatic N) is 3. The summed E-state index contributed by atoms with van der Waals surface area (Å²) < 4.78 is 12.3. The summed E-state index contributed by atoms with van der Waals surface area (Å²) in [5.41, 5.74) is 1.99. The van der Waals surface area contributed by atoms with Gasteiger partial charge in [0.2, 0.25) is 0 Å². The third-order valence-corrected chi connectivity index (χ3v) is 4.44. The second kappa shape index (κ2) is 9.24. The maximum atomic E-state index is 12.5. The highest BCUT2D eigenvalue weighted by atomic mass is 16.5. The molecule has 0 bridgehead atoms. The van der Waals surface area contributed by atoms with E-state index in [1.165, 1.54) is 12.0 Å². The lowest BCUT2D eigenvalue weighted by molar-refractivity contribution is -0.136. The summed E-state index contributed by atoms with van der Waals surface area (Å²) in [6.07, 6.45) is 1.90. The Bertz CT molecular complexity index is 904. The summed E-state index contributed by atoms with van der Waals surface area (Å²) in [5, 5.41) is 16.4. The fourth-order valence-electron chi connectivity index (χ4n) is 2.97. The van der Waals surface area contributed by atoms with Crippen molar-refractivity contribution in [2.75, 3.05) is 38.7 Å². The van der Waals surface area contributed by atoms with Crippen molar-refractivity contribution in [3.05, 3.63) is 53.5 Å². The van der Waals surface area contributed by atoms with E-state index in [4.69, 9.17) is 14.6 Å². The van der Waals surface area contributed by atoms with Crippen LogP contribution in [0.1, 0.15) is 5.69 Å². The van der Waals surface area contributed by atoms with Crippen LogP contribution in [0.2, 0.25) is 0 Å². The van der Waals surface area contributed by atoms with Gasteiger partial charge in [-0.15, -0.1) is 0 Å². The van der Waals surface area contributed by atoms with Crippen LogP contribution in [0.25, 0.3) is 0 Å². The van der Waals surface area contributed by atoms with Crippen molar-refractivity contribution >= 4 is 17.6 Å². The average Bonchev–Trinajstić information content (AvgIpc) is 3.27. The highest BCUT2D eigenvalue weighted by molar-refractivity contribution is 6.08. The van der Waals surface area contributed by atoms with E-state index in [9.17, 15) is 9.59 Å². The molecule has 3 rings (SSSR count). The third-order valence-electron chi connectivity index (χ3n) is 4.44. The number of aliphatic hydroxyl groups excluding tert-OH is 1. The van der Waals surface area contributed by atoms with Crippen LogP contribution in [-0.2, 0) is 20.9 Å². The topological polar surface area (TPSA) is 106 Å². The molecule has 0 spiro atoms. The lowest BCUT2D eigenvalue weighted by Gasteiger charge is -2.15. The monoisotopic (exact) mass is 400 g/mol. The van der Waals surface area contributed by atoms with Crippen molar-refractivity contribution in [3.8, 4) is 5.75 Å². The largest absolute Gasteiger partial charge is 0.492 e. The van der Waals surface area contributed by atoms with Gasteiger partial charge in [-0.1, -0.05) is 0 Å². The molecule has 154 valence electrons. The Morgan fingerprint density at radius 1 is 1.24 bits per heavy atom. The molecule has 1 aliphatic heterocycles. The number of nitrogens with one attached hydrogen (secondary N) is 1. The zero-order chi connectivity index (χ0) is 20.8. The maximum absolute atomic E-state index is 12.5. The van der Waals surface area contributed by atoms with Crippen LogP contribution in [0.5, 0.6) is 5.75 Å². The van der Waals surface area contributed by atoms with Gasteiger partial charge in [0.1, 0.15) is 18.1 Å². The molecule has 1 aromatic carbocycles. The Morgan fingerprint density at radius 2 is 2.00 bits per heavy atom. The Labute approximate surface area is 168 Å². The zero-order valence-corrected chi connectivity index (χ0v) is 16.4. The van der Waals surface area contributed by atoms with Gasteiger partial charge in [0.05, 0.1) is 38.1 Å². The van der Waals surface area contributed by atoms with Crippen molar-refractivity contribution in [3.63, 3.8) is 0 Å². The SMILES string of the molecule is COC(=O)C1=C(Nc2ccc(OCCn3ccc(C)n3)cc2)C(=O)N(CCO)C1. The Kier molecular flexibility index (Phi) is 6.50. The number of aliphatic hydroxyl groups is 1.